The summed E-state index contributed by atoms with van der Waals surface area (Å²) < 4.78 is 12.6. The van der Waals surface area contributed by atoms with Gasteiger partial charge in [-0.15, -0.1) is 0 Å². The summed E-state index contributed by atoms with van der Waals surface area (Å²) in [5.74, 6) is 2.19. The normalized spacial score (nSPS) is 24.3. The van der Waals surface area contributed by atoms with Crippen LogP contribution in [0.4, 0.5) is 17.5 Å². The lowest BCUT2D eigenvalue weighted by atomic mass is 10.1. The Morgan fingerprint density at radius 3 is 2.71 bits per heavy atom. The van der Waals surface area contributed by atoms with Crippen LogP contribution in [0, 0.1) is 5.92 Å². The molecule has 1 fully saturated rings. The summed E-state index contributed by atoms with van der Waals surface area (Å²) in [6, 6.07) is 8.12. The van der Waals surface area contributed by atoms with Gasteiger partial charge < -0.3 is 15.3 Å². The topological polar surface area (TPSA) is 82.8 Å². The quantitative estimate of drug-likeness (QED) is 0.603. The van der Waals surface area contributed by atoms with E-state index >= 15 is 0 Å². The van der Waals surface area contributed by atoms with Crippen LogP contribution in [0.3, 0.4) is 0 Å². The first-order chi connectivity index (χ1) is 14.9. The van der Waals surface area contributed by atoms with E-state index in [1.165, 1.54) is 10.6 Å². The summed E-state index contributed by atoms with van der Waals surface area (Å²) in [5, 5.41) is 13.9. The van der Waals surface area contributed by atoms with Crippen LogP contribution in [-0.4, -0.2) is 63.4 Å². The fraction of sp³-hybridized carbons (Fsp3) is 0.545. The molecule has 4 rings (SSSR count). The molecule has 4 atom stereocenters. The number of hydrogen-bond acceptors (Lipinski definition) is 6. The van der Waals surface area contributed by atoms with Crippen molar-refractivity contribution in [3.05, 3.63) is 35.0 Å². The zero-order chi connectivity index (χ0) is 22.1. The SMILES string of the molecule is CC(C)[C@H](CO)Nc1nc([NH+]2CCN(c3ccc(Cl)cc3)C[C@H]2C)nc2c1S(=O)CC2. The van der Waals surface area contributed by atoms with Crippen molar-refractivity contribution in [1.29, 1.82) is 0 Å². The van der Waals surface area contributed by atoms with Gasteiger partial charge in [0, 0.05) is 22.9 Å². The molecule has 1 aromatic carbocycles. The van der Waals surface area contributed by atoms with Crippen LogP contribution < -0.4 is 15.1 Å². The Hall–Kier alpha value is -1.74. The summed E-state index contributed by atoms with van der Waals surface area (Å²) in [6.07, 6.45) is 0.705. The number of nitrogens with one attached hydrogen (secondary N) is 2. The molecular formula is C22H31ClN5O2S+. The van der Waals surface area contributed by atoms with Crippen molar-refractivity contribution in [3.8, 4) is 0 Å². The Labute approximate surface area is 191 Å². The van der Waals surface area contributed by atoms with E-state index in [0.29, 0.717) is 24.0 Å². The predicted molar refractivity (Wildman–Crippen MR) is 125 cm³/mol. The maximum absolute atomic E-state index is 12.6. The van der Waals surface area contributed by atoms with Gasteiger partial charge in [0.25, 0.3) is 0 Å². The maximum Gasteiger partial charge on any atom is 0.329 e. The molecule has 0 bridgehead atoms. The summed E-state index contributed by atoms with van der Waals surface area (Å²) in [6.45, 7) is 8.97. The highest BCUT2D eigenvalue weighted by molar-refractivity contribution is 7.85. The molecule has 0 spiro atoms. The number of nitrogens with zero attached hydrogens (tertiary/aromatic N) is 3. The van der Waals surface area contributed by atoms with Gasteiger partial charge in [-0.3, -0.25) is 9.11 Å². The second-order valence-electron chi connectivity index (χ2n) is 8.75. The Balaban J connectivity index is 1.59. The molecular weight excluding hydrogens is 434 g/mol. The van der Waals surface area contributed by atoms with Crippen molar-refractivity contribution in [1.82, 2.24) is 9.97 Å². The van der Waals surface area contributed by atoms with E-state index in [4.69, 9.17) is 21.6 Å². The summed E-state index contributed by atoms with van der Waals surface area (Å²) >= 11 is 6.04. The molecule has 31 heavy (non-hydrogen) atoms. The van der Waals surface area contributed by atoms with Gasteiger partial charge in [0.2, 0.25) is 0 Å². The molecule has 3 heterocycles. The Kier molecular flexibility index (Phi) is 6.81. The first-order valence-electron chi connectivity index (χ1n) is 10.9. The molecule has 2 aliphatic rings. The third kappa shape index (κ3) is 4.72. The predicted octanol–water partition coefficient (Wildman–Crippen LogP) is 1.65. The van der Waals surface area contributed by atoms with E-state index in [1.807, 2.05) is 12.1 Å². The number of hydrogen-bond donors (Lipinski definition) is 3. The highest BCUT2D eigenvalue weighted by Crippen LogP contribution is 2.29. The molecule has 2 aliphatic heterocycles. The minimum absolute atomic E-state index is 0.00143. The van der Waals surface area contributed by atoms with Crippen LogP contribution >= 0.6 is 11.6 Å². The van der Waals surface area contributed by atoms with Crippen LogP contribution in [0.2, 0.25) is 5.02 Å². The number of aromatic nitrogens is 2. The Morgan fingerprint density at radius 2 is 2.06 bits per heavy atom. The van der Waals surface area contributed by atoms with E-state index in [0.717, 1.165) is 41.2 Å². The minimum Gasteiger partial charge on any atom is -0.394 e. The molecule has 0 radical (unpaired) electrons. The van der Waals surface area contributed by atoms with Crippen LogP contribution in [0.25, 0.3) is 0 Å². The van der Waals surface area contributed by atoms with Gasteiger partial charge in [0.05, 0.1) is 42.2 Å². The molecule has 0 amide bonds. The zero-order valence-corrected chi connectivity index (χ0v) is 19.8. The maximum atomic E-state index is 12.6. The summed E-state index contributed by atoms with van der Waals surface area (Å²) in [4.78, 5) is 14.0. The van der Waals surface area contributed by atoms with Crippen molar-refractivity contribution in [2.24, 2.45) is 5.92 Å². The van der Waals surface area contributed by atoms with E-state index in [1.54, 1.807) is 0 Å². The molecule has 168 valence electrons. The molecule has 7 nitrogen and oxygen atoms in total. The Morgan fingerprint density at radius 1 is 1.32 bits per heavy atom. The third-order valence-corrected chi connectivity index (χ3v) is 7.94. The van der Waals surface area contributed by atoms with Crippen molar-refractivity contribution in [2.75, 3.05) is 42.2 Å². The number of piperazine rings is 1. The second kappa shape index (κ2) is 9.40. The number of aliphatic hydroxyl groups is 1. The fourth-order valence-electron chi connectivity index (χ4n) is 4.29. The van der Waals surface area contributed by atoms with Gasteiger partial charge in [-0.2, -0.15) is 9.97 Å². The van der Waals surface area contributed by atoms with E-state index in [2.05, 4.69) is 43.1 Å². The molecule has 1 aromatic heterocycles. The van der Waals surface area contributed by atoms with Crippen LogP contribution in [0.5, 0.6) is 0 Å². The van der Waals surface area contributed by atoms with E-state index < -0.39 is 10.8 Å². The number of aliphatic hydroxyl groups excluding tert-OH is 1. The third-order valence-electron chi connectivity index (χ3n) is 6.23. The van der Waals surface area contributed by atoms with Crippen molar-refractivity contribution >= 4 is 39.9 Å². The van der Waals surface area contributed by atoms with Crippen LogP contribution in [0.1, 0.15) is 26.5 Å². The van der Waals surface area contributed by atoms with E-state index in [-0.39, 0.29) is 18.6 Å². The number of benzene rings is 1. The van der Waals surface area contributed by atoms with Gasteiger partial charge in [-0.25, -0.2) is 0 Å². The number of fused-ring (bicyclic) bond motifs is 1. The summed E-state index contributed by atoms with van der Waals surface area (Å²) in [5.41, 5.74) is 2.05. The number of halogens is 1. The average Bonchev–Trinajstić information content (AvgIpc) is 3.13. The van der Waals surface area contributed by atoms with Crippen molar-refractivity contribution in [2.45, 2.75) is 44.2 Å². The highest BCUT2D eigenvalue weighted by atomic mass is 35.5. The highest BCUT2D eigenvalue weighted by Gasteiger charge is 2.35. The number of rotatable bonds is 6. The lowest BCUT2D eigenvalue weighted by molar-refractivity contribution is -0.864. The average molecular weight is 465 g/mol. The van der Waals surface area contributed by atoms with Gasteiger partial charge in [-0.1, -0.05) is 25.4 Å². The van der Waals surface area contributed by atoms with Crippen molar-refractivity contribution < 1.29 is 14.2 Å². The van der Waals surface area contributed by atoms with Crippen LogP contribution in [0.15, 0.2) is 29.2 Å². The minimum atomic E-state index is -1.09. The lowest BCUT2D eigenvalue weighted by Gasteiger charge is -2.37. The zero-order valence-electron chi connectivity index (χ0n) is 18.3. The standard InChI is InChI=1S/C22H30ClN5O2S/c1-14(2)19(13-29)24-21-20-18(8-11-31(20)30)25-22(26-21)28-10-9-27(12-15(28)3)17-6-4-16(23)5-7-17/h4-7,14-15,19,29H,8-13H2,1-3H3,(H,24,25,26)/p+1/t15-,19+,31?/m1/s1. The number of quaternary nitrogens is 1. The lowest BCUT2D eigenvalue weighted by Crippen LogP contribution is -3.14. The van der Waals surface area contributed by atoms with Gasteiger partial charge >= 0.3 is 5.95 Å². The van der Waals surface area contributed by atoms with Gasteiger partial charge in [-0.05, 0) is 37.1 Å². The second-order valence-corrected chi connectivity index (χ2v) is 10.7. The number of aryl methyl sites for hydroxylation is 1. The summed E-state index contributed by atoms with van der Waals surface area (Å²) in [7, 11) is -1.09. The van der Waals surface area contributed by atoms with Crippen molar-refractivity contribution in [3.63, 3.8) is 0 Å². The molecule has 1 saturated heterocycles. The first kappa shape index (κ1) is 22.5. The van der Waals surface area contributed by atoms with Gasteiger partial charge in [0.15, 0.2) is 5.82 Å². The molecule has 0 aliphatic carbocycles. The number of anilines is 2. The monoisotopic (exact) mass is 464 g/mol. The van der Waals surface area contributed by atoms with Crippen LogP contribution in [-0.2, 0) is 17.2 Å². The first-order valence-corrected chi connectivity index (χ1v) is 12.6. The van der Waals surface area contributed by atoms with E-state index in [9.17, 15) is 9.32 Å². The fourth-order valence-corrected chi connectivity index (χ4v) is 5.73. The molecule has 0 saturated carbocycles. The molecule has 2 aromatic rings. The Bertz CT molecular complexity index is 956. The molecule has 9 heteroatoms. The largest absolute Gasteiger partial charge is 0.394 e. The smallest absolute Gasteiger partial charge is 0.329 e. The molecule has 3 N–H and O–H groups in total. The molecule has 2 unspecified atom stereocenters. The van der Waals surface area contributed by atoms with Gasteiger partial charge in [0.1, 0.15) is 17.5 Å².